The summed E-state index contributed by atoms with van der Waals surface area (Å²) in [6.07, 6.45) is 0. The number of esters is 2. The van der Waals surface area contributed by atoms with Crippen molar-refractivity contribution in [1.82, 2.24) is 5.32 Å². The van der Waals surface area contributed by atoms with Crippen LogP contribution in [0, 0.1) is 17.2 Å². The number of thioether (sulfide) groups is 1. The number of carbonyl (C=O) groups excluding carboxylic acids is 3. The van der Waals surface area contributed by atoms with E-state index in [1.807, 2.05) is 24.3 Å². The molecule has 1 amide bonds. The number of hydrogen-bond donors (Lipinski definition) is 1. The highest BCUT2D eigenvalue weighted by atomic mass is 79.9. The number of nitrogens with zero attached hydrogens (tertiary/aromatic N) is 1. The molecule has 0 bridgehead atoms. The van der Waals surface area contributed by atoms with E-state index >= 15 is 0 Å². The van der Waals surface area contributed by atoms with E-state index in [2.05, 4.69) is 27.3 Å². The lowest BCUT2D eigenvalue weighted by atomic mass is 9.78. The van der Waals surface area contributed by atoms with Crippen LogP contribution in [0.5, 0.6) is 0 Å². The van der Waals surface area contributed by atoms with Crippen molar-refractivity contribution in [2.75, 3.05) is 14.2 Å². The van der Waals surface area contributed by atoms with Gasteiger partial charge in [-0.05, 0) is 35.4 Å². The molecule has 0 fully saturated rings. The number of rotatable bonds is 6. The normalized spacial score (nSPS) is 17.9. The Balaban J connectivity index is 2.01. The van der Waals surface area contributed by atoms with Crippen LogP contribution in [0.1, 0.15) is 27.4 Å². The minimum atomic E-state index is -1.23. The van der Waals surface area contributed by atoms with E-state index in [1.165, 1.54) is 38.1 Å². The SMILES string of the molecule is COC(=O)c1ccc([C@H]2C(C#N)=C(SCc3ccc(Br)cc3)NC(=O)[C@H]2C(=O)OC)cc1. The fourth-order valence-corrected chi connectivity index (χ4v) is 4.63. The number of carbonyl (C=O) groups is 3. The zero-order chi connectivity index (χ0) is 23.3. The molecule has 0 spiro atoms. The highest BCUT2D eigenvalue weighted by Gasteiger charge is 2.44. The molecule has 0 saturated heterocycles. The average Bonchev–Trinajstić information content (AvgIpc) is 2.82. The summed E-state index contributed by atoms with van der Waals surface area (Å²) in [5.74, 6) is -3.35. The van der Waals surface area contributed by atoms with Gasteiger partial charge in [0.15, 0.2) is 0 Å². The van der Waals surface area contributed by atoms with Crippen molar-refractivity contribution in [3.63, 3.8) is 0 Å². The summed E-state index contributed by atoms with van der Waals surface area (Å²) in [7, 11) is 2.47. The molecule has 32 heavy (non-hydrogen) atoms. The van der Waals surface area contributed by atoms with Crippen LogP contribution in [0.15, 0.2) is 63.6 Å². The molecule has 2 atom stereocenters. The Morgan fingerprint density at radius 3 is 2.31 bits per heavy atom. The highest BCUT2D eigenvalue weighted by molar-refractivity contribution is 9.10. The molecule has 0 radical (unpaired) electrons. The number of nitriles is 1. The third-order valence-electron chi connectivity index (χ3n) is 4.97. The Hall–Kier alpha value is -3.09. The summed E-state index contributed by atoms with van der Waals surface area (Å²) in [6, 6.07) is 16.2. The average molecular weight is 515 g/mol. The predicted molar refractivity (Wildman–Crippen MR) is 122 cm³/mol. The number of allylic oxidation sites excluding steroid dienone is 1. The fraction of sp³-hybridized carbons (Fsp3) is 0.217. The third kappa shape index (κ3) is 5.03. The van der Waals surface area contributed by atoms with Crippen molar-refractivity contribution >= 4 is 45.5 Å². The van der Waals surface area contributed by atoms with E-state index in [0.717, 1.165) is 10.0 Å². The maximum absolute atomic E-state index is 12.9. The quantitative estimate of drug-likeness (QED) is 0.460. The number of hydrogen-bond acceptors (Lipinski definition) is 7. The zero-order valence-corrected chi connectivity index (χ0v) is 19.7. The van der Waals surface area contributed by atoms with E-state index in [9.17, 15) is 19.6 Å². The summed E-state index contributed by atoms with van der Waals surface area (Å²) in [5.41, 5.74) is 2.12. The van der Waals surface area contributed by atoms with Crippen LogP contribution in [-0.4, -0.2) is 32.1 Å². The van der Waals surface area contributed by atoms with Gasteiger partial charge < -0.3 is 14.8 Å². The van der Waals surface area contributed by atoms with Crippen molar-refractivity contribution in [1.29, 1.82) is 5.26 Å². The van der Waals surface area contributed by atoms with E-state index < -0.39 is 29.7 Å². The van der Waals surface area contributed by atoms with E-state index in [4.69, 9.17) is 9.47 Å². The van der Waals surface area contributed by atoms with Crippen LogP contribution < -0.4 is 5.32 Å². The second-order valence-electron chi connectivity index (χ2n) is 6.85. The van der Waals surface area contributed by atoms with Crippen LogP contribution in [-0.2, 0) is 24.8 Å². The molecule has 1 aliphatic rings. The number of amides is 1. The molecule has 1 aliphatic heterocycles. The van der Waals surface area contributed by atoms with Crippen molar-refractivity contribution in [3.8, 4) is 6.07 Å². The Morgan fingerprint density at radius 2 is 1.75 bits per heavy atom. The van der Waals surface area contributed by atoms with Crippen LogP contribution in [0.25, 0.3) is 0 Å². The lowest BCUT2D eigenvalue weighted by Gasteiger charge is -2.31. The van der Waals surface area contributed by atoms with Gasteiger partial charge in [0.1, 0.15) is 5.92 Å². The molecular weight excluding hydrogens is 496 g/mol. The van der Waals surface area contributed by atoms with Gasteiger partial charge in [-0.15, -0.1) is 11.8 Å². The van der Waals surface area contributed by atoms with Crippen molar-refractivity contribution in [3.05, 3.63) is 80.3 Å². The Labute approximate surface area is 197 Å². The number of nitrogens with one attached hydrogen (secondary N) is 1. The van der Waals surface area contributed by atoms with Crippen molar-refractivity contribution in [2.45, 2.75) is 11.7 Å². The van der Waals surface area contributed by atoms with Gasteiger partial charge in [-0.1, -0.05) is 40.2 Å². The summed E-state index contributed by atoms with van der Waals surface area (Å²) in [4.78, 5) is 37.1. The molecular formula is C23H19BrN2O5S. The molecule has 164 valence electrons. The Bertz CT molecular complexity index is 1110. The van der Waals surface area contributed by atoms with E-state index in [-0.39, 0.29) is 5.57 Å². The van der Waals surface area contributed by atoms with E-state index in [1.54, 1.807) is 12.1 Å². The molecule has 1 N–H and O–H groups in total. The van der Waals surface area contributed by atoms with Crippen molar-refractivity contribution < 1.29 is 23.9 Å². The fourth-order valence-electron chi connectivity index (χ4n) is 3.36. The summed E-state index contributed by atoms with van der Waals surface area (Å²) >= 11 is 4.70. The number of methoxy groups -OCH3 is 2. The summed E-state index contributed by atoms with van der Waals surface area (Å²) < 4.78 is 10.5. The van der Waals surface area contributed by atoms with Gasteiger partial charge in [-0.2, -0.15) is 5.26 Å². The molecule has 9 heteroatoms. The van der Waals surface area contributed by atoms with E-state index in [0.29, 0.717) is 21.9 Å². The molecule has 0 unspecified atom stereocenters. The standard InChI is InChI=1S/C23H19BrN2O5S/c1-30-22(28)15-7-5-14(6-8-15)18-17(11-25)21(26-20(27)19(18)23(29)31-2)32-12-13-3-9-16(24)10-4-13/h3-10,18-19H,12H2,1-2H3,(H,26,27)/t18-,19-/m0/s1. The van der Waals surface area contributed by atoms with Gasteiger partial charge in [-0.3, -0.25) is 9.59 Å². The van der Waals surface area contributed by atoms with Gasteiger partial charge in [-0.25, -0.2) is 4.79 Å². The predicted octanol–water partition coefficient (Wildman–Crippen LogP) is 3.91. The van der Waals surface area contributed by atoms with Gasteiger partial charge in [0.25, 0.3) is 0 Å². The molecule has 2 aromatic rings. The smallest absolute Gasteiger partial charge is 0.337 e. The van der Waals surface area contributed by atoms with Gasteiger partial charge in [0.05, 0.1) is 36.5 Å². The molecule has 7 nitrogen and oxygen atoms in total. The van der Waals surface area contributed by atoms with Gasteiger partial charge in [0, 0.05) is 16.1 Å². The number of ether oxygens (including phenoxy) is 2. The molecule has 0 aliphatic carbocycles. The Morgan fingerprint density at radius 1 is 1.09 bits per heavy atom. The zero-order valence-electron chi connectivity index (χ0n) is 17.3. The molecule has 3 rings (SSSR count). The number of halogens is 1. The Kier molecular flexibility index (Phi) is 7.72. The maximum atomic E-state index is 12.9. The first-order valence-electron chi connectivity index (χ1n) is 9.48. The molecule has 0 saturated carbocycles. The van der Waals surface area contributed by atoms with Crippen LogP contribution in [0.2, 0.25) is 0 Å². The number of benzene rings is 2. The second-order valence-corrected chi connectivity index (χ2v) is 8.75. The highest BCUT2D eigenvalue weighted by Crippen LogP contribution is 2.41. The first kappa shape index (κ1) is 23.6. The molecule has 0 aromatic heterocycles. The lowest BCUT2D eigenvalue weighted by molar-refractivity contribution is -0.150. The second kappa shape index (κ2) is 10.5. The lowest BCUT2D eigenvalue weighted by Crippen LogP contribution is -2.44. The monoisotopic (exact) mass is 514 g/mol. The van der Waals surface area contributed by atoms with Gasteiger partial charge in [0.2, 0.25) is 5.91 Å². The van der Waals surface area contributed by atoms with Crippen LogP contribution in [0.4, 0.5) is 0 Å². The minimum Gasteiger partial charge on any atom is -0.468 e. The largest absolute Gasteiger partial charge is 0.468 e. The van der Waals surface area contributed by atoms with Crippen LogP contribution in [0.3, 0.4) is 0 Å². The molecule has 2 aromatic carbocycles. The van der Waals surface area contributed by atoms with Crippen LogP contribution >= 0.6 is 27.7 Å². The summed E-state index contributed by atoms with van der Waals surface area (Å²) in [5, 5.41) is 13.1. The topological polar surface area (TPSA) is 105 Å². The van der Waals surface area contributed by atoms with Gasteiger partial charge >= 0.3 is 11.9 Å². The summed E-state index contributed by atoms with van der Waals surface area (Å²) in [6.45, 7) is 0. The molecule has 1 heterocycles. The first-order valence-corrected chi connectivity index (χ1v) is 11.3. The first-order chi connectivity index (χ1) is 15.4. The third-order valence-corrected chi connectivity index (χ3v) is 6.59. The van der Waals surface area contributed by atoms with Crippen molar-refractivity contribution in [2.24, 2.45) is 5.92 Å². The minimum absolute atomic E-state index is 0.257. The maximum Gasteiger partial charge on any atom is 0.337 e.